The maximum Gasteiger partial charge on any atom is 0.355 e. The molecule has 9 heteroatoms. The number of aliphatic hydroxyl groups is 1. The van der Waals surface area contributed by atoms with Crippen molar-refractivity contribution in [3.8, 4) is 0 Å². The summed E-state index contributed by atoms with van der Waals surface area (Å²) in [7, 11) is 1.11. The fraction of sp³-hybridized carbons (Fsp3) is 0.375. The van der Waals surface area contributed by atoms with Gasteiger partial charge in [-0.1, -0.05) is 0 Å². The number of methoxy groups -OCH3 is 1. The van der Waals surface area contributed by atoms with Gasteiger partial charge in [-0.25, -0.2) is 9.59 Å². The van der Waals surface area contributed by atoms with Gasteiger partial charge in [-0.3, -0.25) is 9.59 Å². The number of esters is 3. The van der Waals surface area contributed by atoms with E-state index in [0.717, 1.165) is 20.3 Å². The van der Waals surface area contributed by atoms with Crippen LogP contribution in [0.4, 0.5) is 0 Å². The van der Waals surface area contributed by atoms with E-state index in [-0.39, 0.29) is 11.3 Å². The minimum Gasteiger partial charge on any atom is -0.466 e. The molecule has 9 nitrogen and oxygen atoms in total. The number of H-pyrrole nitrogens is 1. The highest BCUT2D eigenvalue weighted by molar-refractivity contribution is 6.05. The van der Waals surface area contributed by atoms with E-state index in [0.29, 0.717) is 0 Å². The number of hydrogen-bond acceptors (Lipinski definition) is 8. The van der Waals surface area contributed by atoms with Crippen LogP contribution in [0.15, 0.2) is 30.2 Å². The number of Topliss-reactive ketones (excluding diaryl/α,β-unsaturated/α-hetero) is 1. The zero-order chi connectivity index (χ0) is 18.4. The van der Waals surface area contributed by atoms with Crippen molar-refractivity contribution < 1.29 is 38.5 Å². The normalized spacial score (nSPS) is 31.0. The molecule has 1 aromatic heterocycles. The first-order chi connectivity index (χ1) is 11.8. The molecule has 25 heavy (non-hydrogen) atoms. The smallest absolute Gasteiger partial charge is 0.355 e. The Kier molecular flexibility index (Phi) is 3.96. The highest BCUT2D eigenvalue weighted by Crippen LogP contribution is 2.46. The molecule has 0 spiro atoms. The number of aromatic amines is 1. The molecule has 1 fully saturated rings. The van der Waals surface area contributed by atoms with Gasteiger partial charge >= 0.3 is 17.9 Å². The number of aromatic nitrogens is 1. The summed E-state index contributed by atoms with van der Waals surface area (Å²) in [4.78, 5) is 51.4. The van der Waals surface area contributed by atoms with Gasteiger partial charge in [-0.2, -0.15) is 0 Å². The van der Waals surface area contributed by atoms with Gasteiger partial charge in [0.1, 0.15) is 23.5 Å². The van der Waals surface area contributed by atoms with Crippen LogP contribution in [-0.4, -0.2) is 52.6 Å². The SMILES string of the molecule is COC(=O)C1=COC(=O)[C@H]2[C@@H]1[C@H](OC(=O)c1ccc[nH]1)C(=O)[C@]2(C)O. The van der Waals surface area contributed by atoms with Gasteiger partial charge in [0.25, 0.3) is 0 Å². The predicted octanol–water partition coefficient (Wildman–Crippen LogP) is -0.280. The maximum atomic E-state index is 12.6. The highest BCUT2D eigenvalue weighted by atomic mass is 16.6. The lowest BCUT2D eigenvalue weighted by Crippen LogP contribution is -2.44. The van der Waals surface area contributed by atoms with Crippen molar-refractivity contribution in [1.82, 2.24) is 4.98 Å². The third-order valence-corrected chi connectivity index (χ3v) is 4.44. The Balaban J connectivity index is 2.01. The Morgan fingerprint density at radius 1 is 1.32 bits per heavy atom. The van der Waals surface area contributed by atoms with Gasteiger partial charge in [0.15, 0.2) is 6.10 Å². The van der Waals surface area contributed by atoms with Crippen LogP contribution >= 0.6 is 0 Å². The standard InChI is InChI=1S/C16H15NO8/c1-16(22)10-9(7(13(19)23-2)6-24-15(10)21)11(12(16)18)25-14(20)8-4-3-5-17-8/h3-6,9-11,17,22H,1-2H3/t9-,10-,11+,16-/m1/s1. The van der Waals surface area contributed by atoms with Crippen molar-refractivity contribution in [2.45, 2.75) is 18.6 Å². The molecular weight excluding hydrogens is 334 g/mol. The molecule has 0 aromatic carbocycles. The average molecular weight is 349 g/mol. The van der Waals surface area contributed by atoms with Gasteiger partial charge < -0.3 is 24.3 Å². The summed E-state index contributed by atoms with van der Waals surface area (Å²) < 4.78 is 14.6. The average Bonchev–Trinajstić information content (AvgIpc) is 3.17. The van der Waals surface area contributed by atoms with E-state index >= 15 is 0 Å². The third kappa shape index (κ3) is 2.52. The molecule has 0 unspecified atom stereocenters. The first-order valence-electron chi connectivity index (χ1n) is 7.39. The molecule has 1 aliphatic carbocycles. The quantitative estimate of drug-likeness (QED) is 0.562. The van der Waals surface area contributed by atoms with E-state index in [2.05, 4.69) is 9.72 Å². The number of carbonyl (C=O) groups excluding carboxylic acids is 4. The number of fused-ring (bicyclic) bond motifs is 1. The van der Waals surface area contributed by atoms with Crippen molar-refractivity contribution in [3.63, 3.8) is 0 Å². The lowest BCUT2D eigenvalue weighted by atomic mass is 9.81. The molecule has 0 saturated heterocycles. The fourth-order valence-electron chi connectivity index (χ4n) is 3.19. The van der Waals surface area contributed by atoms with E-state index in [1.54, 1.807) is 6.07 Å². The predicted molar refractivity (Wildman–Crippen MR) is 78.8 cm³/mol. The second-order valence-corrected chi connectivity index (χ2v) is 5.93. The summed E-state index contributed by atoms with van der Waals surface area (Å²) in [5, 5.41) is 10.5. The van der Waals surface area contributed by atoms with Crippen LogP contribution < -0.4 is 0 Å². The van der Waals surface area contributed by atoms with Crippen molar-refractivity contribution in [2.24, 2.45) is 11.8 Å². The van der Waals surface area contributed by atoms with Crippen LogP contribution in [0, 0.1) is 11.8 Å². The number of rotatable bonds is 3. The second-order valence-electron chi connectivity index (χ2n) is 5.93. The molecule has 0 radical (unpaired) electrons. The van der Waals surface area contributed by atoms with Crippen LogP contribution in [-0.2, 0) is 28.6 Å². The molecule has 2 N–H and O–H groups in total. The summed E-state index contributed by atoms with van der Waals surface area (Å²) in [6.07, 6.45) is 0.817. The van der Waals surface area contributed by atoms with Gasteiger partial charge in [0.05, 0.1) is 18.6 Å². The molecule has 1 aromatic rings. The number of nitrogens with one attached hydrogen (secondary N) is 1. The van der Waals surface area contributed by atoms with Gasteiger partial charge in [0.2, 0.25) is 5.78 Å². The number of ketones is 1. The van der Waals surface area contributed by atoms with E-state index in [4.69, 9.17) is 9.47 Å². The lowest BCUT2D eigenvalue weighted by Gasteiger charge is -2.29. The minimum atomic E-state index is -2.16. The van der Waals surface area contributed by atoms with Crippen molar-refractivity contribution >= 4 is 23.7 Å². The van der Waals surface area contributed by atoms with Crippen LogP contribution in [0.5, 0.6) is 0 Å². The molecule has 4 atom stereocenters. The van der Waals surface area contributed by atoms with Gasteiger partial charge in [0, 0.05) is 6.20 Å². The zero-order valence-corrected chi connectivity index (χ0v) is 13.3. The molecule has 0 bridgehead atoms. The molecular formula is C16H15NO8. The number of carbonyl (C=O) groups is 4. The highest BCUT2D eigenvalue weighted by Gasteiger charge is 2.65. The largest absolute Gasteiger partial charge is 0.466 e. The van der Waals surface area contributed by atoms with Crippen LogP contribution in [0.3, 0.4) is 0 Å². The minimum absolute atomic E-state index is 0.0814. The molecule has 1 aliphatic heterocycles. The van der Waals surface area contributed by atoms with Crippen molar-refractivity contribution in [1.29, 1.82) is 0 Å². The summed E-state index contributed by atoms with van der Waals surface area (Å²) in [6.45, 7) is 1.12. The maximum absolute atomic E-state index is 12.6. The first kappa shape index (κ1) is 16.9. The topological polar surface area (TPSA) is 132 Å². The first-order valence-corrected chi connectivity index (χ1v) is 7.39. The van der Waals surface area contributed by atoms with Crippen LogP contribution in [0.25, 0.3) is 0 Å². The summed E-state index contributed by atoms with van der Waals surface area (Å²) in [5.74, 6) is -6.09. The van der Waals surface area contributed by atoms with Crippen molar-refractivity contribution in [2.75, 3.05) is 7.11 Å². The van der Waals surface area contributed by atoms with E-state index in [1.165, 1.54) is 12.3 Å². The zero-order valence-electron chi connectivity index (χ0n) is 13.3. The van der Waals surface area contributed by atoms with E-state index in [9.17, 15) is 24.3 Å². The Bertz CT molecular complexity index is 776. The fourth-order valence-corrected chi connectivity index (χ4v) is 3.19. The second kappa shape index (κ2) is 5.85. The Hall–Kier alpha value is -2.94. The third-order valence-electron chi connectivity index (χ3n) is 4.44. The molecule has 132 valence electrons. The number of cyclic esters (lactones) is 1. The number of ether oxygens (including phenoxy) is 3. The number of hydrogen-bond donors (Lipinski definition) is 2. The van der Waals surface area contributed by atoms with Crippen LogP contribution in [0.2, 0.25) is 0 Å². The Labute approximate surface area is 141 Å². The lowest BCUT2D eigenvalue weighted by molar-refractivity contribution is -0.158. The van der Waals surface area contributed by atoms with Gasteiger partial charge in [-0.05, 0) is 19.1 Å². The summed E-state index contributed by atoms with van der Waals surface area (Å²) >= 11 is 0. The Morgan fingerprint density at radius 3 is 2.64 bits per heavy atom. The molecule has 2 heterocycles. The Morgan fingerprint density at radius 2 is 2.04 bits per heavy atom. The van der Waals surface area contributed by atoms with E-state index in [1.807, 2.05) is 0 Å². The van der Waals surface area contributed by atoms with E-state index < -0.39 is 47.2 Å². The summed E-state index contributed by atoms with van der Waals surface area (Å²) in [5.41, 5.74) is -2.24. The van der Waals surface area contributed by atoms with Crippen LogP contribution in [0.1, 0.15) is 17.4 Å². The van der Waals surface area contributed by atoms with Gasteiger partial charge in [-0.15, -0.1) is 0 Å². The summed E-state index contributed by atoms with van der Waals surface area (Å²) in [6, 6.07) is 2.99. The molecule has 0 amide bonds. The molecule has 3 rings (SSSR count). The molecule has 2 aliphatic rings. The van der Waals surface area contributed by atoms with Crippen molar-refractivity contribution in [3.05, 3.63) is 35.9 Å². The monoisotopic (exact) mass is 349 g/mol. The molecule has 1 saturated carbocycles.